The monoisotopic (exact) mass is 315 g/mol. The average molecular weight is 315 g/mol. The van der Waals surface area contributed by atoms with Gasteiger partial charge in [0.25, 0.3) is 10.0 Å². The predicted molar refractivity (Wildman–Crippen MR) is 86.1 cm³/mol. The summed E-state index contributed by atoms with van der Waals surface area (Å²) in [5.74, 6) is 0. The van der Waals surface area contributed by atoms with Gasteiger partial charge in [0.2, 0.25) is 0 Å². The van der Waals surface area contributed by atoms with Gasteiger partial charge < -0.3 is 4.90 Å². The van der Waals surface area contributed by atoms with Crippen molar-refractivity contribution in [1.82, 2.24) is 13.9 Å². The molecule has 0 aliphatic heterocycles. The standard InChI is InChI=1S/C16H17N3O2S/c1-18(2)12-14-11-13-7-6-10-17-16(13)19(14)22(20,21)15-8-4-3-5-9-15/h3-11H,12H2,1-2H3. The van der Waals surface area contributed by atoms with Gasteiger partial charge in [0.05, 0.1) is 10.6 Å². The normalized spacial score (nSPS) is 12.1. The zero-order chi connectivity index (χ0) is 15.7. The van der Waals surface area contributed by atoms with E-state index in [2.05, 4.69) is 4.98 Å². The van der Waals surface area contributed by atoms with Crippen LogP contribution in [0.1, 0.15) is 5.69 Å². The first kappa shape index (κ1) is 14.7. The fourth-order valence-electron chi connectivity index (χ4n) is 2.47. The maximum atomic E-state index is 13.0. The number of fused-ring (bicyclic) bond motifs is 1. The van der Waals surface area contributed by atoms with Crippen LogP contribution in [0.3, 0.4) is 0 Å². The molecule has 0 aliphatic rings. The number of pyridine rings is 1. The summed E-state index contributed by atoms with van der Waals surface area (Å²) in [6.07, 6.45) is 1.61. The van der Waals surface area contributed by atoms with Gasteiger partial charge in [-0.2, -0.15) is 0 Å². The molecule has 5 nitrogen and oxygen atoms in total. The molecular weight excluding hydrogens is 298 g/mol. The summed E-state index contributed by atoms with van der Waals surface area (Å²) in [5, 5.41) is 0.818. The van der Waals surface area contributed by atoms with Crippen LogP contribution in [0.25, 0.3) is 11.0 Å². The van der Waals surface area contributed by atoms with E-state index >= 15 is 0 Å². The Hall–Kier alpha value is -2.18. The molecule has 1 aromatic carbocycles. The molecule has 0 bridgehead atoms. The zero-order valence-corrected chi connectivity index (χ0v) is 13.3. The smallest absolute Gasteiger partial charge is 0.269 e. The maximum absolute atomic E-state index is 13.0. The molecule has 3 aromatic rings. The Morgan fingerprint density at radius 3 is 2.50 bits per heavy atom. The third-order valence-corrected chi connectivity index (χ3v) is 5.11. The van der Waals surface area contributed by atoms with Gasteiger partial charge in [-0.05, 0) is 44.4 Å². The Kier molecular flexibility index (Phi) is 3.72. The van der Waals surface area contributed by atoms with Gasteiger partial charge in [-0.3, -0.25) is 0 Å². The van der Waals surface area contributed by atoms with Gasteiger partial charge in [0.15, 0.2) is 5.65 Å². The molecule has 0 radical (unpaired) electrons. The van der Waals surface area contributed by atoms with Crippen LogP contribution in [0.2, 0.25) is 0 Å². The van der Waals surface area contributed by atoms with E-state index in [4.69, 9.17) is 0 Å². The highest BCUT2D eigenvalue weighted by Gasteiger charge is 2.23. The molecule has 2 heterocycles. The molecule has 0 N–H and O–H groups in total. The fourth-order valence-corrected chi connectivity index (χ4v) is 3.98. The molecule has 22 heavy (non-hydrogen) atoms. The number of aromatic nitrogens is 2. The van der Waals surface area contributed by atoms with Crippen LogP contribution in [0.4, 0.5) is 0 Å². The van der Waals surface area contributed by atoms with Gasteiger partial charge >= 0.3 is 0 Å². The second kappa shape index (κ2) is 5.55. The summed E-state index contributed by atoms with van der Waals surface area (Å²) < 4.78 is 27.4. The lowest BCUT2D eigenvalue weighted by Crippen LogP contribution is -2.20. The van der Waals surface area contributed by atoms with Crippen molar-refractivity contribution in [3.05, 3.63) is 60.4 Å². The highest BCUT2D eigenvalue weighted by atomic mass is 32.2. The lowest BCUT2D eigenvalue weighted by molar-refractivity contribution is 0.395. The fraction of sp³-hybridized carbons (Fsp3) is 0.188. The summed E-state index contributed by atoms with van der Waals surface area (Å²) in [7, 11) is 0.144. The van der Waals surface area contributed by atoms with Crippen molar-refractivity contribution in [2.75, 3.05) is 14.1 Å². The molecule has 0 saturated heterocycles. The van der Waals surface area contributed by atoms with E-state index < -0.39 is 10.0 Å². The van der Waals surface area contributed by atoms with Crippen molar-refractivity contribution in [3.8, 4) is 0 Å². The summed E-state index contributed by atoms with van der Waals surface area (Å²) in [4.78, 5) is 6.46. The van der Waals surface area contributed by atoms with Crippen molar-refractivity contribution < 1.29 is 8.42 Å². The van der Waals surface area contributed by atoms with Crippen molar-refractivity contribution in [2.24, 2.45) is 0 Å². The first-order valence-corrected chi connectivity index (χ1v) is 8.35. The average Bonchev–Trinajstić information content (AvgIpc) is 2.85. The van der Waals surface area contributed by atoms with E-state index in [0.717, 1.165) is 5.39 Å². The molecule has 0 aliphatic carbocycles. The Morgan fingerprint density at radius 1 is 1.09 bits per heavy atom. The SMILES string of the molecule is CN(C)Cc1cc2cccnc2n1S(=O)(=O)c1ccccc1. The first-order valence-electron chi connectivity index (χ1n) is 6.91. The number of hydrogen-bond acceptors (Lipinski definition) is 4. The molecule has 2 aromatic heterocycles. The van der Waals surface area contributed by atoms with Gasteiger partial charge in [0.1, 0.15) is 0 Å². The number of hydrogen-bond donors (Lipinski definition) is 0. The molecule has 0 atom stereocenters. The molecule has 114 valence electrons. The third-order valence-electron chi connectivity index (χ3n) is 3.35. The van der Waals surface area contributed by atoms with E-state index in [1.54, 1.807) is 42.6 Å². The minimum absolute atomic E-state index is 0.262. The van der Waals surface area contributed by atoms with Crippen molar-refractivity contribution in [1.29, 1.82) is 0 Å². The maximum Gasteiger partial charge on any atom is 0.269 e. The lowest BCUT2D eigenvalue weighted by Gasteiger charge is -2.14. The van der Waals surface area contributed by atoms with Crippen LogP contribution in [0.5, 0.6) is 0 Å². The van der Waals surface area contributed by atoms with E-state index in [9.17, 15) is 8.42 Å². The number of nitrogens with zero attached hydrogens (tertiary/aromatic N) is 3. The zero-order valence-electron chi connectivity index (χ0n) is 12.5. The molecule has 3 rings (SSSR count). The Balaban J connectivity index is 2.29. The highest BCUT2D eigenvalue weighted by molar-refractivity contribution is 7.90. The van der Waals surface area contributed by atoms with Crippen LogP contribution < -0.4 is 0 Å². The Bertz CT molecular complexity index is 900. The largest absolute Gasteiger partial charge is 0.304 e. The van der Waals surface area contributed by atoms with Gasteiger partial charge in [-0.15, -0.1) is 0 Å². The van der Waals surface area contributed by atoms with Crippen molar-refractivity contribution in [3.63, 3.8) is 0 Å². The first-order chi connectivity index (χ1) is 10.5. The third kappa shape index (κ3) is 2.51. The van der Waals surface area contributed by atoms with E-state index in [1.165, 1.54) is 3.97 Å². The van der Waals surface area contributed by atoms with Gasteiger partial charge in [-0.25, -0.2) is 17.4 Å². The quantitative estimate of drug-likeness (QED) is 0.741. The Labute approximate surface area is 129 Å². The van der Waals surface area contributed by atoms with Crippen molar-refractivity contribution >= 4 is 21.1 Å². The second-order valence-electron chi connectivity index (χ2n) is 5.37. The Morgan fingerprint density at radius 2 is 1.82 bits per heavy atom. The van der Waals surface area contributed by atoms with Crippen LogP contribution in [0, 0.1) is 0 Å². The lowest BCUT2D eigenvalue weighted by atomic mass is 10.3. The number of rotatable bonds is 4. The topological polar surface area (TPSA) is 55.2 Å². The molecule has 0 saturated carbocycles. The summed E-state index contributed by atoms with van der Waals surface area (Å²) in [6, 6.07) is 14.0. The van der Waals surface area contributed by atoms with Crippen LogP contribution in [-0.4, -0.2) is 36.4 Å². The van der Waals surface area contributed by atoms with Crippen molar-refractivity contribution in [2.45, 2.75) is 11.4 Å². The predicted octanol–water partition coefficient (Wildman–Crippen LogP) is 2.33. The van der Waals surface area contributed by atoms with Crippen LogP contribution in [0.15, 0.2) is 59.6 Å². The summed E-state index contributed by atoms with van der Waals surface area (Å²) in [6.45, 7) is 0.516. The van der Waals surface area contributed by atoms with E-state index in [1.807, 2.05) is 31.1 Å². The van der Waals surface area contributed by atoms with Gasteiger partial charge in [0, 0.05) is 18.1 Å². The number of benzene rings is 1. The minimum atomic E-state index is -3.67. The highest BCUT2D eigenvalue weighted by Crippen LogP contribution is 2.24. The molecular formula is C16H17N3O2S. The summed E-state index contributed by atoms with van der Waals surface area (Å²) in [5.41, 5.74) is 1.16. The molecule has 0 amide bonds. The molecule has 0 spiro atoms. The van der Waals surface area contributed by atoms with Gasteiger partial charge in [-0.1, -0.05) is 18.2 Å². The summed E-state index contributed by atoms with van der Waals surface area (Å²) >= 11 is 0. The second-order valence-corrected chi connectivity index (χ2v) is 7.16. The van der Waals surface area contributed by atoms with Crippen LogP contribution >= 0.6 is 0 Å². The molecule has 0 unspecified atom stereocenters. The van der Waals surface area contributed by atoms with Crippen LogP contribution in [-0.2, 0) is 16.6 Å². The van der Waals surface area contributed by atoms with E-state index in [0.29, 0.717) is 17.9 Å². The van der Waals surface area contributed by atoms with E-state index in [-0.39, 0.29) is 4.90 Å². The molecule has 0 fully saturated rings. The molecule has 6 heteroatoms. The minimum Gasteiger partial charge on any atom is -0.304 e.